The van der Waals surface area contributed by atoms with Crippen LogP contribution in [-0.4, -0.2) is 35.1 Å². The Hall–Kier alpha value is -3.84. The molecule has 5 aromatic rings. The average molecular weight is 486 g/mol. The number of carbonyl (C=O) groups is 1. The third-order valence-corrected chi connectivity index (χ3v) is 6.75. The van der Waals surface area contributed by atoms with E-state index in [9.17, 15) is 4.79 Å². The van der Waals surface area contributed by atoms with Gasteiger partial charge in [0.05, 0.1) is 29.1 Å². The first-order valence-corrected chi connectivity index (χ1v) is 12.6. The highest BCUT2D eigenvalue weighted by Gasteiger charge is 2.13. The molecule has 0 fully saturated rings. The first kappa shape index (κ1) is 22.9. The Morgan fingerprint density at radius 1 is 0.971 bits per heavy atom. The van der Waals surface area contributed by atoms with E-state index in [0.717, 1.165) is 43.5 Å². The first-order chi connectivity index (χ1) is 17.2. The van der Waals surface area contributed by atoms with Crippen molar-refractivity contribution in [2.24, 2.45) is 0 Å². The van der Waals surface area contributed by atoms with E-state index in [0.29, 0.717) is 31.7 Å². The molecular weight excluding hydrogens is 458 g/mol. The van der Waals surface area contributed by atoms with Crippen LogP contribution in [-0.2, 0) is 6.42 Å². The molecule has 0 aliphatic heterocycles. The number of amides is 1. The number of ether oxygens (including phenoxy) is 2. The molecule has 0 spiro atoms. The molecule has 7 heteroatoms. The molecule has 2 aromatic heterocycles. The van der Waals surface area contributed by atoms with Crippen molar-refractivity contribution in [1.82, 2.24) is 14.7 Å². The molecule has 35 heavy (non-hydrogen) atoms. The highest BCUT2D eigenvalue weighted by Crippen LogP contribution is 2.30. The van der Waals surface area contributed by atoms with Crippen LogP contribution in [0.15, 0.2) is 72.9 Å². The Bertz CT molecular complexity index is 1470. The first-order valence-electron chi connectivity index (χ1n) is 11.8. The maximum absolute atomic E-state index is 12.8. The van der Waals surface area contributed by atoms with Crippen molar-refractivity contribution in [2.75, 3.05) is 19.8 Å². The quantitative estimate of drug-likeness (QED) is 0.279. The second kappa shape index (κ2) is 10.2. The van der Waals surface area contributed by atoms with Crippen LogP contribution < -0.4 is 14.8 Å². The number of carbonyl (C=O) groups excluding carboxylic acids is 1. The number of aromatic nitrogens is 2. The lowest BCUT2D eigenvalue weighted by atomic mass is 10.1. The number of nitrogens with one attached hydrogen (secondary N) is 1. The van der Waals surface area contributed by atoms with Gasteiger partial charge in [-0.05, 0) is 56.2 Å². The minimum absolute atomic E-state index is 0.0844. The van der Waals surface area contributed by atoms with E-state index in [1.54, 1.807) is 11.3 Å². The summed E-state index contributed by atoms with van der Waals surface area (Å²) in [6.45, 7) is 5.60. The number of fused-ring (bicyclic) bond motifs is 3. The predicted molar refractivity (Wildman–Crippen MR) is 141 cm³/mol. The zero-order valence-electron chi connectivity index (χ0n) is 19.8. The third-order valence-electron chi connectivity index (χ3n) is 5.73. The van der Waals surface area contributed by atoms with Gasteiger partial charge >= 0.3 is 0 Å². The number of hydrogen-bond donors (Lipinski definition) is 1. The SMILES string of the molecule is CCOc1ccc(CCNC(=O)c2ccc3c(c2)sc2nc(-c4ccccc4)cn23)cc1OCC. The van der Waals surface area contributed by atoms with Crippen LogP contribution in [0.3, 0.4) is 0 Å². The predicted octanol–water partition coefficient (Wildman–Crippen LogP) is 5.99. The van der Waals surface area contributed by atoms with E-state index in [4.69, 9.17) is 14.5 Å². The van der Waals surface area contributed by atoms with Crippen LogP contribution in [0.2, 0.25) is 0 Å². The van der Waals surface area contributed by atoms with E-state index >= 15 is 0 Å². The molecule has 1 N–H and O–H groups in total. The maximum Gasteiger partial charge on any atom is 0.251 e. The highest BCUT2D eigenvalue weighted by atomic mass is 32.1. The molecular formula is C28H27N3O3S. The number of hydrogen-bond acceptors (Lipinski definition) is 5. The van der Waals surface area contributed by atoms with Gasteiger partial charge in [-0.3, -0.25) is 9.20 Å². The molecule has 0 unspecified atom stereocenters. The molecule has 0 atom stereocenters. The summed E-state index contributed by atoms with van der Waals surface area (Å²) in [7, 11) is 0. The Morgan fingerprint density at radius 3 is 2.57 bits per heavy atom. The van der Waals surface area contributed by atoms with E-state index in [1.807, 2.05) is 68.4 Å². The van der Waals surface area contributed by atoms with Crippen molar-refractivity contribution in [2.45, 2.75) is 20.3 Å². The number of nitrogens with zero attached hydrogens (tertiary/aromatic N) is 2. The fourth-order valence-electron chi connectivity index (χ4n) is 4.06. The number of rotatable bonds is 9. The van der Waals surface area contributed by atoms with Crippen LogP contribution in [0, 0.1) is 0 Å². The van der Waals surface area contributed by atoms with Gasteiger partial charge in [0.15, 0.2) is 16.5 Å². The zero-order chi connectivity index (χ0) is 24.2. The molecule has 0 aliphatic carbocycles. The minimum Gasteiger partial charge on any atom is -0.490 e. The van der Waals surface area contributed by atoms with Crippen molar-refractivity contribution in [1.29, 1.82) is 0 Å². The van der Waals surface area contributed by atoms with Crippen molar-refractivity contribution < 1.29 is 14.3 Å². The van der Waals surface area contributed by atoms with Gasteiger partial charge < -0.3 is 14.8 Å². The van der Waals surface area contributed by atoms with Crippen LogP contribution in [0.25, 0.3) is 26.4 Å². The van der Waals surface area contributed by atoms with Crippen LogP contribution in [0.4, 0.5) is 0 Å². The summed E-state index contributed by atoms with van der Waals surface area (Å²) < 4.78 is 14.4. The Morgan fingerprint density at radius 2 is 1.77 bits per heavy atom. The van der Waals surface area contributed by atoms with E-state index in [1.165, 1.54) is 0 Å². The van der Waals surface area contributed by atoms with Gasteiger partial charge in [0, 0.05) is 23.9 Å². The van der Waals surface area contributed by atoms with Crippen molar-refractivity contribution in [3.05, 3.63) is 84.1 Å². The third kappa shape index (κ3) is 4.86. The summed E-state index contributed by atoms with van der Waals surface area (Å²) in [6, 6.07) is 21.9. The summed E-state index contributed by atoms with van der Waals surface area (Å²) in [5.41, 5.74) is 4.82. The fraction of sp³-hybridized carbons (Fsp3) is 0.214. The molecule has 2 heterocycles. The summed E-state index contributed by atoms with van der Waals surface area (Å²) in [5.74, 6) is 1.40. The second-order valence-corrected chi connectivity index (χ2v) is 9.09. The largest absolute Gasteiger partial charge is 0.490 e. The van der Waals surface area contributed by atoms with Crippen molar-refractivity contribution >= 4 is 32.4 Å². The summed E-state index contributed by atoms with van der Waals surface area (Å²) in [5, 5.41) is 3.03. The van der Waals surface area contributed by atoms with E-state index in [-0.39, 0.29) is 5.91 Å². The molecule has 6 nitrogen and oxygen atoms in total. The lowest BCUT2D eigenvalue weighted by molar-refractivity contribution is 0.0954. The van der Waals surface area contributed by atoms with Crippen molar-refractivity contribution in [3.63, 3.8) is 0 Å². The number of thiazole rings is 1. The van der Waals surface area contributed by atoms with Gasteiger partial charge in [0.2, 0.25) is 0 Å². The second-order valence-electron chi connectivity index (χ2n) is 8.08. The smallest absolute Gasteiger partial charge is 0.251 e. The number of benzene rings is 3. The Kier molecular flexibility index (Phi) is 6.68. The standard InChI is InChI=1S/C28H27N3O3S/c1-3-33-24-13-10-19(16-25(24)34-4-2)14-15-29-27(32)21-11-12-23-26(17-21)35-28-30-22(18-31(23)28)20-8-6-5-7-9-20/h5-13,16-18H,3-4,14-15H2,1-2H3,(H,29,32). The summed E-state index contributed by atoms with van der Waals surface area (Å²) >= 11 is 1.59. The molecule has 0 saturated carbocycles. The monoisotopic (exact) mass is 485 g/mol. The molecule has 0 saturated heterocycles. The molecule has 0 bridgehead atoms. The summed E-state index contributed by atoms with van der Waals surface area (Å²) in [6.07, 6.45) is 2.76. The Labute approximate surface area is 208 Å². The highest BCUT2D eigenvalue weighted by molar-refractivity contribution is 7.23. The van der Waals surface area contributed by atoms with Crippen LogP contribution in [0.5, 0.6) is 11.5 Å². The van der Waals surface area contributed by atoms with Gasteiger partial charge in [-0.1, -0.05) is 47.7 Å². The van der Waals surface area contributed by atoms with Gasteiger partial charge in [0.1, 0.15) is 0 Å². The molecule has 3 aromatic carbocycles. The minimum atomic E-state index is -0.0844. The maximum atomic E-state index is 12.8. The fourth-order valence-corrected chi connectivity index (χ4v) is 5.11. The van der Waals surface area contributed by atoms with E-state index < -0.39 is 0 Å². The van der Waals surface area contributed by atoms with Crippen LogP contribution >= 0.6 is 11.3 Å². The van der Waals surface area contributed by atoms with Gasteiger partial charge in [-0.15, -0.1) is 0 Å². The lowest BCUT2D eigenvalue weighted by Crippen LogP contribution is -2.25. The zero-order valence-corrected chi connectivity index (χ0v) is 20.6. The normalized spacial score (nSPS) is 11.1. The van der Waals surface area contributed by atoms with Gasteiger partial charge in [-0.25, -0.2) is 4.98 Å². The summed E-state index contributed by atoms with van der Waals surface area (Å²) in [4.78, 5) is 18.5. The van der Waals surface area contributed by atoms with Gasteiger partial charge in [-0.2, -0.15) is 0 Å². The molecule has 1 amide bonds. The lowest BCUT2D eigenvalue weighted by Gasteiger charge is -2.12. The van der Waals surface area contributed by atoms with Crippen molar-refractivity contribution in [3.8, 4) is 22.8 Å². The number of imidazole rings is 1. The molecule has 5 rings (SSSR count). The molecule has 178 valence electrons. The molecule has 0 aliphatic rings. The van der Waals surface area contributed by atoms with Gasteiger partial charge in [0.25, 0.3) is 5.91 Å². The van der Waals surface area contributed by atoms with E-state index in [2.05, 4.69) is 28.0 Å². The molecule has 0 radical (unpaired) electrons. The topological polar surface area (TPSA) is 64.9 Å². The van der Waals surface area contributed by atoms with Crippen LogP contribution in [0.1, 0.15) is 29.8 Å². The Balaban J connectivity index is 1.26. The average Bonchev–Trinajstić information content (AvgIpc) is 3.44.